The van der Waals surface area contributed by atoms with Crippen LogP contribution in [0.25, 0.3) is 5.69 Å². The summed E-state index contributed by atoms with van der Waals surface area (Å²) in [7, 11) is 0. The summed E-state index contributed by atoms with van der Waals surface area (Å²) in [6.07, 6.45) is 7.21. The topological polar surface area (TPSA) is 106 Å². The van der Waals surface area contributed by atoms with E-state index >= 15 is 0 Å². The zero-order valence-corrected chi connectivity index (χ0v) is 18.7. The van der Waals surface area contributed by atoms with E-state index in [0.717, 1.165) is 30.5 Å². The van der Waals surface area contributed by atoms with Gasteiger partial charge in [0.2, 0.25) is 5.91 Å². The SMILES string of the molecule is CCCCN(C(=O)Cc1ccc(-n2cccc2)cc1)c1c(N)n(CCCC)c(=O)[nH]c1=O. The molecule has 2 aromatic heterocycles. The highest BCUT2D eigenvalue weighted by Crippen LogP contribution is 2.20. The van der Waals surface area contributed by atoms with Crippen molar-refractivity contribution in [1.29, 1.82) is 0 Å². The second-order valence-electron chi connectivity index (χ2n) is 7.83. The maximum Gasteiger partial charge on any atom is 0.330 e. The second kappa shape index (κ2) is 10.7. The van der Waals surface area contributed by atoms with Crippen LogP contribution < -0.4 is 21.9 Å². The Kier molecular flexibility index (Phi) is 7.70. The third kappa shape index (κ3) is 5.19. The van der Waals surface area contributed by atoms with Gasteiger partial charge in [-0.2, -0.15) is 0 Å². The molecule has 2 heterocycles. The van der Waals surface area contributed by atoms with Crippen LogP contribution in [-0.2, 0) is 17.8 Å². The van der Waals surface area contributed by atoms with Gasteiger partial charge in [0.25, 0.3) is 5.56 Å². The van der Waals surface area contributed by atoms with Crippen LogP contribution >= 0.6 is 0 Å². The molecule has 32 heavy (non-hydrogen) atoms. The van der Waals surface area contributed by atoms with E-state index in [2.05, 4.69) is 4.98 Å². The third-order valence-electron chi connectivity index (χ3n) is 5.45. The Morgan fingerprint density at radius 3 is 2.31 bits per heavy atom. The van der Waals surface area contributed by atoms with Gasteiger partial charge >= 0.3 is 5.69 Å². The molecule has 0 aliphatic heterocycles. The molecule has 0 saturated heterocycles. The number of nitrogen functional groups attached to an aromatic ring is 1. The molecule has 0 aliphatic rings. The molecule has 0 radical (unpaired) electrons. The van der Waals surface area contributed by atoms with Gasteiger partial charge < -0.3 is 15.2 Å². The fourth-order valence-corrected chi connectivity index (χ4v) is 3.62. The molecule has 0 atom stereocenters. The predicted octanol–water partition coefficient (Wildman–Crippen LogP) is 3.09. The van der Waals surface area contributed by atoms with Crippen LogP contribution in [0, 0.1) is 0 Å². The zero-order valence-electron chi connectivity index (χ0n) is 18.7. The average Bonchev–Trinajstić information content (AvgIpc) is 3.31. The summed E-state index contributed by atoms with van der Waals surface area (Å²) in [6, 6.07) is 11.6. The Morgan fingerprint density at radius 1 is 1.03 bits per heavy atom. The predicted molar refractivity (Wildman–Crippen MR) is 127 cm³/mol. The number of H-pyrrole nitrogens is 1. The Bertz CT molecular complexity index is 1140. The Hall–Kier alpha value is -3.55. The van der Waals surface area contributed by atoms with Gasteiger partial charge in [0, 0.05) is 31.2 Å². The van der Waals surface area contributed by atoms with Crippen molar-refractivity contribution in [3.63, 3.8) is 0 Å². The van der Waals surface area contributed by atoms with Gasteiger partial charge in [-0.25, -0.2) is 4.79 Å². The van der Waals surface area contributed by atoms with Crippen LogP contribution in [-0.4, -0.2) is 26.6 Å². The first kappa shape index (κ1) is 23.1. The summed E-state index contributed by atoms with van der Waals surface area (Å²) >= 11 is 0. The molecule has 3 rings (SSSR count). The first-order chi connectivity index (χ1) is 15.5. The van der Waals surface area contributed by atoms with Crippen LogP contribution in [0.2, 0.25) is 0 Å². The summed E-state index contributed by atoms with van der Waals surface area (Å²) in [5.74, 6) is -0.190. The largest absolute Gasteiger partial charge is 0.383 e. The summed E-state index contributed by atoms with van der Waals surface area (Å²) in [6.45, 7) is 4.77. The minimum Gasteiger partial charge on any atom is -0.383 e. The third-order valence-corrected chi connectivity index (χ3v) is 5.45. The van der Waals surface area contributed by atoms with E-state index in [9.17, 15) is 14.4 Å². The Balaban J connectivity index is 1.90. The normalized spacial score (nSPS) is 10.9. The molecule has 3 N–H and O–H groups in total. The minimum atomic E-state index is -0.632. The van der Waals surface area contributed by atoms with Crippen LogP contribution in [0.5, 0.6) is 0 Å². The molecular weight excluding hydrogens is 406 g/mol. The summed E-state index contributed by atoms with van der Waals surface area (Å²) in [4.78, 5) is 42.0. The van der Waals surface area contributed by atoms with E-state index < -0.39 is 11.2 Å². The monoisotopic (exact) mass is 437 g/mol. The smallest absolute Gasteiger partial charge is 0.330 e. The van der Waals surface area contributed by atoms with Gasteiger partial charge in [-0.1, -0.05) is 38.8 Å². The number of aromatic nitrogens is 3. The maximum absolute atomic E-state index is 13.3. The molecule has 0 bridgehead atoms. The van der Waals surface area contributed by atoms with Crippen LogP contribution in [0.15, 0.2) is 58.4 Å². The lowest BCUT2D eigenvalue weighted by atomic mass is 10.1. The molecule has 170 valence electrons. The highest BCUT2D eigenvalue weighted by Gasteiger charge is 2.24. The van der Waals surface area contributed by atoms with Gasteiger partial charge in [-0.3, -0.25) is 19.1 Å². The number of hydrogen-bond acceptors (Lipinski definition) is 4. The second-order valence-corrected chi connectivity index (χ2v) is 7.83. The van der Waals surface area contributed by atoms with Crippen molar-refractivity contribution >= 4 is 17.4 Å². The number of rotatable bonds is 10. The lowest BCUT2D eigenvalue weighted by Crippen LogP contribution is -2.42. The molecule has 0 aliphatic carbocycles. The van der Waals surface area contributed by atoms with E-state index in [1.54, 1.807) is 0 Å². The standard InChI is InChI=1S/C24H31N5O3/c1-3-5-15-28(21-22(25)29(16-6-4-2)24(32)26-23(21)31)20(30)17-18-9-11-19(12-10-18)27-13-7-8-14-27/h7-14H,3-6,15-17,25H2,1-2H3,(H,26,31,32). The number of benzene rings is 1. The number of amides is 1. The van der Waals surface area contributed by atoms with Crippen LogP contribution in [0.3, 0.4) is 0 Å². The lowest BCUT2D eigenvalue weighted by molar-refractivity contribution is -0.118. The number of aromatic amines is 1. The van der Waals surface area contributed by atoms with Crippen molar-refractivity contribution in [2.24, 2.45) is 0 Å². The molecule has 8 nitrogen and oxygen atoms in total. The molecular formula is C24H31N5O3. The number of anilines is 2. The number of carbonyl (C=O) groups is 1. The molecule has 0 fully saturated rings. The van der Waals surface area contributed by atoms with E-state index in [1.807, 2.05) is 67.2 Å². The number of hydrogen-bond donors (Lipinski definition) is 2. The molecule has 8 heteroatoms. The van der Waals surface area contributed by atoms with Crippen molar-refractivity contribution in [3.05, 3.63) is 75.2 Å². The number of nitrogens with one attached hydrogen (secondary N) is 1. The van der Waals surface area contributed by atoms with Crippen molar-refractivity contribution in [1.82, 2.24) is 14.1 Å². The Morgan fingerprint density at radius 2 is 1.69 bits per heavy atom. The van der Waals surface area contributed by atoms with Gasteiger partial charge in [0.15, 0.2) is 5.69 Å². The average molecular weight is 438 g/mol. The maximum atomic E-state index is 13.3. The molecule has 3 aromatic rings. The summed E-state index contributed by atoms with van der Waals surface area (Å²) in [5.41, 5.74) is 6.96. The molecule has 1 aromatic carbocycles. The van der Waals surface area contributed by atoms with Gasteiger partial charge in [-0.05, 0) is 42.7 Å². The number of nitrogens with two attached hydrogens (primary N) is 1. The van der Waals surface area contributed by atoms with Gasteiger partial charge in [0.1, 0.15) is 5.82 Å². The molecule has 0 unspecified atom stereocenters. The zero-order chi connectivity index (χ0) is 23.1. The van der Waals surface area contributed by atoms with Crippen molar-refractivity contribution in [2.75, 3.05) is 17.2 Å². The fraction of sp³-hybridized carbons (Fsp3) is 0.375. The molecule has 0 saturated carbocycles. The number of carbonyl (C=O) groups excluding carboxylic acids is 1. The van der Waals surface area contributed by atoms with Gasteiger partial charge in [-0.15, -0.1) is 0 Å². The van der Waals surface area contributed by atoms with Crippen molar-refractivity contribution in [2.45, 2.75) is 52.5 Å². The number of unbranched alkanes of at least 4 members (excludes halogenated alkanes) is 2. The van der Waals surface area contributed by atoms with E-state index in [4.69, 9.17) is 5.73 Å². The highest BCUT2D eigenvalue weighted by atomic mass is 16.2. The first-order valence-corrected chi connectivity index (χ1v) is 11.1. The minimum absolute atomic E-state index is 0.0413. The van der Waals surface area contributed by atoms with E-state index in [1.165, 1.54) is 9.47 Å². The number of nitrogens with zero attached hydrogens (tertiary/aromatic N) is 3. The van der Waals surface area contributed by atoms with Crippen molar-refractivity contribution < 1.29 is 4.79 Å². The quantitative estimate of drug-likeness (QED) is 0.508. The highest BCUT2D eigenvalue weighted by molar-refractivity contribution is 5.96. The first-order valence-electron chi connectivity index (χ1n) is 11.1. The summed E-state index contributed by atoms with van der Waals surface area (Å²) in [5, 5.41) is 0. The molecule has 1 amide bonds. The van der Waals surface area contributed by atoms with Gasteiger partial charge in [0.05, 0.1) is 6.42 Å². The van der Waals surface area contributed by atoms with E-state index in [-0.39, 0.29) is 23.8 Å². The van der Waals surface area contributed by atoms with Crippen LogP contribution in [0.4, 0.5) is 11.5 Å². The van der Waals surface area contributed by atoms with Crippen LogP contribution in [0.1, 0.15) is 45.1 Å². The fourth-order valence-electron chi connectivity index (χ4n) is 3.62. The molecule has 0 spiro atoms. The van der Waals surface area contributed by atoms with Crippen molar-refractivity contribution in [3.8, 4) is 5.69 Å². The van der Waals surface area contributed by atoms with E-state index in [0.29, 0.717) is 19.5 Å². The summed E-state index contributed by atoms with van der Waals surface area (Å²) < 4.78 is 3.33. The lowest BCUT2D eigenvalue weighted by Gasteiger charge is -2.24. The Labute approximate surface area is 187 Å².